The van der Waals surface area contributed by atoms with Crippen molar-refractivity contribution in [2.24, 2.45) is 0 Å². The van der Waals surface area contributed by atoms with Gasteiger partial charge in [0, 0.05) is 23.7 Å². The number of thioether (sulfide) groups is 1. The topological polar surface area (TPSA) is 71.1 Å². The number of carbonyl (C=O) groups is 2. The molecule has 0 fully saturated rings. The molecule has 0 bridgehead atoms. The average Bonchev–Trinajstić information content (AvgIpc) is 2.66. The molecular formula is C20H19N3O2S. The Labute approximate surface area is 156 Å². The van der Waals surface area contributed by atoms with E-state index in [2.05, 4.69) is 15.6 Å². The number of amides is 2. The van der Waals surface area contributed by atoms with Gasteiger partial charge in [-0.05, 0) is 48.9 Å². The molecule has 0 saturated carbocycles. The van der Waals surface area contributed by atoms with Crippen LogP contribution in [-0.4, -0.2) is 29.6 Å². The number of benzene rings is 2. The summed E-state index contributed by atoms with van der Waals surface area (Å²) in [7, 11) is 1.58. The Kier molecular flexibility index (Phi) is 5.53. The standard InChI is InChI=1S/C20H19N3O2S/c1-13-11-19(23-17-6-4-3-5-16(13)17)26-12-18(24)22-15-9-7-14(8-10-15)20(25)21-2/h3-11H,12H2,1-2H3,(H,21,25)(H,22,24). The second-order valence-corrected chi connectivity index (χ2v) is 6.78. The lowest BCUT2D eigenvalue weighted by Gasteiger charge is -2.08. The maximum atomic E-state index is 12.2. The molecule has 0 saturated heterocycles. The maximum Gasteiger partial charge on any atom is 0.251 e. The molecule has 0 radical (unpaired) electrons. The van der Waals surface area contributed by atoms with Gasteiger partial charge in [-0.1, -0.05) is 30.0 Å². The number of hydrogen-bond acceptors (Lipinski definition) is 4. The van der Waals surface area contributed by atoms with Crippen LogP contribution < -0.4 is 10.6 Å². The van der Waals surface area contributed by atoms with E-state index in [9.17, 15) is 9.59 Å². The summed E-state index contributed by atoms with van der Waals surface area (Å²) >= 11 is 1.40. The van der Waals surface area contributed by atoms with E-state index < -0.39 is 0 Å². The summed E-state index contributed by atoms with van der Waals surface area (Å²) in [5.41, 5.74) is 3.28. The van der Waals surface area contributed by atoms with Crippen LogP contribution in [0.5, 0.6) is 0 Å². The van der Waals surface area contributed by atoms with Crippen LogP contribution in [0.25, 0.3) is 10.9 Å². The molecule has 0 unspecified atom stereocenters. The van der Waals surface area contributed by atoms with Gasteiger partial charge in [-0.25, -0.2) is 4.98 Å². The first-order valence-electron chi connectivity index (χ1n) is 8.18. The summed E-state index contributed by atoms with van der Waals surface area (Å²) in [6.07, 6.45) is 0. The van der Waals surface area contributed by atoms with Gasteiger partial charge in [0.2, 0.25) is 5.91 Å². The number of hydrogen-bond donors (Lipinski definition) is 2. The number of fused-ring (bicyclic) bond motifs is 1. The summed E-state index contributed by atoms with van der Waals surface area (Å²) in [5, 5.41) is 7.34. The second kappa shape index (κ2) is 8.01. The molecule has 5 nitrogen and oxygen atoms in total. The Morgan fingerprint density at radius 2 is 1.81 bits per heavy atom. The van der Waals surface area contributed by atoms with Crippen molar-refractivity contribution in [3.63, 3.8) is 0 Å². The normalized spacial score (nSPS) is 10.5. The highest BCUT2D eigenvalue weighted by atomic mass is 32.2. The minimum Gasteiger partial charge on any atom is -0.355 e. The molecule has 1 heterocycles. The lowest BCUT2D eigenvalue weighted by molar-refractivity contribution is -0.113. The molecule has 26 heavy (non-hydrogen) atoms. The molecule has 2 amide bonds. The van der Waals surface area contributed by atoms with Crippen LogP contribution in [0.4, 0.5) is 5.69 Å². The summed E-state index contributed by atoms with van der Waals surface area (Å²) in [5.74, 6) is -0.00592. The molecule has 0 aliphatic rings. The summed E-state index contributed by atoms with van der Waals surface area (Å²) in [6, 6.07) is 16.7. The predicted octanol–water partition coefficient (Wildman–Crippen LogP) is 3.63. The fraction of sp³-hybridized carbons (Fsp3) is 0.150. The molecule has 1 aromatic heterocycles. The SMILES string of the molecule is CNC(=O)c1ccc(NC(=O)CSc2cc(C)c3ccccc3n2)cc1. The number of aryl methyl sites for hydroxylation is 1. The lowest BCUT2D eigenvalue weighted by atomic mass is 10.1. The number of rotatable bonds is 5. The zero-order valence-electron chi connectivity index (χ0n) is 14.6. The van der Waals surface area contributed by atoms with Crippen LogP contribution in [0.3, 0.4) is 0 Å². The molecule has 132 valence electrons. The van der Waals surface area contributed by atoms with E-state index >= 15 is 0 Å². The van der Waals surface area contributed by atoms with Gasteiger partial charge in [0.15, 0.2) is 0 Å². The fourth-order valence-electron chi connectivity index (χ4n) is 2.58. The Bertz CT molecular complexity index is 955. The third-order valence-corrected chi connectivity index (χ3v) is 4.82. The number of nitrogens with zero attached hydrogens (tertiary/aromatic N) is 1. The van der Waals surface area contributed by atoms with E-state index in [-0.39, 0.29) is 17.6 Å². The molecule has 3 aromatic rings. The fourth-order valence-corrected chi connectivity index (χ4v) is 3.35. The Hall–Kier alpha value is -2.86. The first kappa shape index (κ1) is 17.9. The Morgan fingerprint density at radius 1 is 1.08 bits per heavy atom. The monoisotopic (exact) mass is 365 g/mol. The van der Waals surface area contributed by atoms with Crippen molar-refractivity contribution >= 4 is 40.2 Å². The third-order valence-electron chi connectivity index (χ3n) is 3.91. The minimum absolute atomic E-state index is 0.115. The second-order valence-electron chi connectivity index (χ2n) is 5.79. The zero-order valence-corrected chi connectivity index (χ0v) is 15.4. The molecule has 0 spiro atoms. The predicted molar refractivity (Wildman–Crippen MR) is 106 cm³/mol. The summed E-state index contributed by atoms with van der Waals surface area (Å²) < 4.78 is 0. The summed E-state index contributed by atoms with van der Waals surface area (Å²) in [6.45, 7) is 2.04. The number of pyridine rings is 1. The summed E-state index contributed by atoms with van der Waals surface area (Å²) in [4.78, 5) is 28.3. The van der Waals surface area contributed by atoms with Gasteiger partial charge in [-0.2, -0.15) is 0 Å². The van der Waals surface area contributed by atoms with Crippen LogP contribution in [0, 0.1) is 6.92 Å². The zero-order chi connectivity index (χ0) is 18.5. The van der Waals surface area contributed by atoms with Crippen LogP contribution >= 0.6 is 11.8 Å². The number of nitrogens with one attached hydrogen (secondary N) is 2. The lowest BCUT2D eigenvalue weighted by Crippen LogP contribution is -2.18. The van der Waals surface area contributed by atoms with Crippen molar-refractivity contribution in [1.82, 2.24) is 10.3 Å². The smallest absolute Gasteiger partial charge is 0.251 e. The van der Waals surface area contributed by atoms with Crippen molar-refractivity contribution in [3.05, 3.63) is 65.7 Å². The molecular weight excluding hydrogens is 346 g/mol. The van der Waals surface area contributed by atoms with Crippen LogP contribution in [0.2, 0.25) is 0 Å². The molecule has 3 rings (SSSR count). The minimum atomic E-state index is -0.156. The van der Waals surface area contributed by atoms with Gasteiger partial charge in [0.1, 0.15) is 0 Å². The highest BCUT2D eigenvalue weighted by Gasteiger charge is 2.08. The van der Waals surface area contributed by atoms with E-state index in [1.807, 2.05) is 37.3 Å². The van der Waals surface area contributed by atoms with Crippen LogP contribution in [0.1, 0.15) is 15.9 Å². The van der Waals surface area contributed by atoms with Crippen molar-refractivity contribution < 1.29 is 9.59 Å². The van der Waals surface area contributed by atoms with Gasteiger partial charge in [-0.3, -0.25) is 9.59 Å². The highest BCUT2D eigenvalue weighted by molar-refractivity contribution is 7.99. The van der Waals surface area contributed by atoms with Crippen molar-refractivity contribution in [1.29, 1.82) is 0 Å². The van der Waals surface area contributed by atoms with Gasteiger partial charge >= 0.3 is 0 Å². The largest absolute Gasteiger partial charge is 0.355 e. The highest BCUT2D eigenvalue weighted by Crippen LogP contribution is 2.23. The number of para-hydroxylation sites is 1. The van der Waals surface area contributed by atoms with Gasteiger partial charge in [0.05, 0.1) is 16.3 Å². The van der Waals surface area contributed by atoms with Gasteiger partial charge in [-0.15, -0.1) is 0 Å². The van der Waals surface area contributed by atoms with Crippen LogP contribution in [-0.2, 0) is 4.79 Å². The first-order valence-corrected chi connectivity index (χ1v) is 9.16. The molecule has 0 aliphatic heterocycles. The van der Waals surface area contributed by atoms with E-state index in [1.165, 1.54) is 11.8 Å². The van der Waals surface area contributed by atoms with Crippen molar-refractivity contribution in [3.8, 4) is 0 Å². The average molecular weight is 365 g/mol. The van der Waals surface area contributed by atoms with E-state index in [0.717, 1.165) is 21.5 Å². The Balaban J connectivity index is 1.61. The molecule has 6 heteroatoms. The molecule has 2 N–H and O–H groups in total. The molecule has 2 aromatic carbocycles. The van der Waals surface area contributed by atoms with Crippen molar-refractivity contribution in [2.75, 3.05) is 18.1 Å². The van der Waals surface area contributed by atoms with E-state index in [1.54, 1.807) is 31.3 Å². The number of anilines is 1. The van der Waals surface area contributed by atoms with E-state index in [4.69, 9.17) is 0 Å². The third kappa shape index (κ3) is 4.21. The van der Waals surface area contributed by atoms with Crippen LogP contribution in [0.15, 0.2) is 59.6 Å². The molecule has 0 aliphatic carbocycles. The number of carbonyl (C=O) groups excluding carboxylic acids is 2. The maximum absolute atomic E-state index is 12.2. The quantitative estimate of drug-likeness (QED) is 0.677. The first-order chi connectivity index (χ1) is 12.6. The Morgan fingerprint density at radius 3 is 2.54 bits per heavy atom. The van der Waals surface area contributed by atoms with E-state index in [0.29, 0.717) is 11.3 Å². The van der Waals surface area contributed by atoms with Crippen molar-refractivity contribution in [2.45, 2.75) is 11.9 Å². The number of aromatic nitrogens is 1. The van der Waals surface area contributed by atoms with Gasteiger partial charge < -0.3 is 10.6 Å². The van der Waals surface area contributed by atoms with Gasteiger partial charge in [0.25, 0.3) is 5.91 Å². The molecule has 0 atom stereocenters.